The summed E-state index contributed by atoms with van der Waals surface area (Å²) in [5.74, 6) is -0.168. The van der Waals surface area contributed by atoms with Crippen LogP contribution in [0.5, 0.6) is 0 Å². The molecule has 6 nitrogen and oxygen atoms in total. The maximum atomic E-state index is 12.7. The summed E-state index contributed by atoms with van der Waals surface area (Å²) in [6.07, 6.45) is 3.18. The Morgan fingerprint density at radius 1 is 1.18 bits per heavy atom. The highest BCUT2D eigenvalue weighted by Gasteiger charge is 2.23. The van der Waals surface area contributed by atoms with Crippen molar-refractivity contribution in [2.75, 3.05) is 7.11 Å². The van der Waals surface area contributed by atoms with Gasteiger partial charge in [0, 0.05) is 18.4 Å². The van der Waals surface area contributed by atoms with Crippen LogP contribution in [0.1, 0.15) is 41.6 Å². The summed E-state index contributed by atoms with van der Waals surface area (Å²) in [6, 6.07) is 13.8. The second kappa shape index (κ2) is 9.17. The van der Waals surface area contributed by atoms with Crippen LogP contribution >= 0.6 is 0 Å². The lowest BCUT2D eigenvalue weighted by atomic mass is 10.1. The molecule has 0 radical (unpaired) electrons. The number of carbonyl (C=O) groups excluding carboxylic acids is 2. The van der Waals surface area contributed by atoms with E-state index in [1.165, 1.54) is 7.11 Å². The molecule has 0 saturated heterocycles. The number of carbonyl (C=O) groups is 2. The molecule has 0 bridgehead atoms. The van der Waals surface area contributed by atoms with Crippen molar-refractivity contribution in [2.24, 2.45) is 0 Å². The summed E-state index contributed by atoms with van der Waals surface area (Å²) >= 11 is 0. The number of methoxy groups -OCH3 is 1. The SMILES string of the molecule is CCCCc1nc2cc(C(=O)N[C@@H](Cc3ccccc3)C(=O)OC)ccc2o1. The lowest BCUT2D eigenvalue weighted by Crippen LogP contribution is -2.43. The molecule has 3 aromatic rings. The van der Waals surface area contributed by atoms with E-state index in [4.69, 9.17) is 9.15 Å². The zero-order valence-electron chi connectivity index (χ0n) is 16.1. The molecule has 6 heteroatoms. The number of hydrogen-bond donors (Lipinski definition) is 1. The third-order valence-corrected chi connectivity index (χ3v) is 4.51. The fourth-order valence-corrected chi connectivity index (χ4v) is 2.98. The van der Waals surface area contributed by atoms with E-state index >= 15 is 0 Å². The molecule has 0 spiro atoms. The van der Waals surface area contributed by atoms with Crippen molar-refractivity contribution in [2.45, 2.75) is 38.6 Å². The number of benzene rings is 2. The zero-order valence-corrected chi connectivity index (χ0v) is 16.1. The standard InChI is InChI=1S/C22H24N2O4/c1-3-4-10-20-23-17-14-16(11-12-19(17)28-20)21(25)24-18(22(26)27-2)13-15-8-6-5-7-9-15/h5-9,11-12,14,18H,3-4,10,13H2,1-2H3,(H,24,25)/t18-/m0/s1. The average Bonchev–Trinajstić information content (AvgIpc) is 3.13. The first-order valence-electron chi connectivity index (χ1n) is 9.42. The monoisotopic (exact) mass is 380 g/mol. The first kappa shape index (κ1) is 19.6. The highest BCUT2D eigenvalue weighted by atomic mass is 16.5. The third-order valence-electron chi connectivity index (χ3n) is 4.51. The molecule has 1 amide bonds. The minimum atomic E-state index is -0.770. The van der Waals surface area contributed by atoms with Crippen LogP contribution in [-0.2, 0) is 22.4 Å². The van der Waals surface area contributed by atoms with Crippen LogP contribution in [0.15, 0.2) is 52.9 Å². The number of nitrogens with zero attached hydrogens (tertiary/aromatic N) is 1. The Labute approximate surface area is 163 Å². The van der Waals surface area contributed by atoms with Crippen LogP contribution in [-0.4, -0.2) is 30.0 Å². The number of hydrogen-bond acceptors (Lipinski definition) is 5. The molecule has 0 aliphatic heterocycles. The molecule has 28 heavy (non-hydrogen) atoms. The van der Waals surface area contributed by atoms with Gasteiger partial charge in [0.05, 0.1) is 7.11 Å². The number of rotatable bonds is 8. The summed E-state index contributed by atoms with van der Waals surface area (Å²) in [6.45, 7) is 2.11. The number of amides is 1. The van der Waals surface area contributed by atoms with Gasteiger partial charge in [0.25, 0.3) is 5.91 Å². The van der Waals surface area contributed by atoms with Crippen molar-refractivity contribution in [3.8, 4) is 0 Å². The summed E-state index contributed by atoms with van der Waals surface area (Å²) < 4.78 is 10.6. The number of nitrogens with one attached hydrogen (secondary N) is 1. The van der Waals surface area contributed by atoms with E-state index in [1.54, 1.807) is 18.2 Å². The number of esters is 1. The number of oxazole rings is 1. The van der Waals surface area contributed by atoms with Gasteiger partial charge in [-0.05, 0) is 30.2 Å². The molecule has 1 atom stereocenters. The summed E-state index contributed by atoms with van der Waals surface area (Å²) in [5, 5.41) is 2.77. The average molecular weight is 380 g/mol. The normalized spacial score (nSPS) is 11.9. The van der Waals surface area contributed by atoms with E-state index in [2.05, 4.69) is 17.2 Å². The Balaban J connectivity index is 1.76. The van der Waals surface area contributed by atoms with Crippen molar-refractivity contribution in [3.63, 3.8) is 0 Å². The summed E-state index contributed by atoms with van der Waals surface area (Å²) in [7, 11) is 1.31. The minimum absolute atomic E-state index is 0.354. The maximum absolute atomic E-state index is 12.7. The van der Waals surface area contributed by atoms with Crippen LogP contribution in [0.3, 0.4) is 0 Å². The van der Waals surface area contributed by atoms with E-state index in [-0.39, 0.29) is 5.91 Å². The highest BCUT2D eigenvalue weighted by Crippen LogP contribution is 2.19. The van der Waals surface area contributed by atoms with Gasteiger partial charge in [-0.15, -0.1) is 0 Å². The minimum Gasteiger partial charge on any atom is -0.467 e. The van der Waals surface area contributed by atoms with Crippen molar-refractivity contribution in [3.05, 3.63) is 65.5 Å². The molecule has 0 aliphatic carbocycles. The van der Waals surface area contributed by atoms with Crippen LogP contribution < -0.4 is 5.32 Å². The van der Waals surface area contributed by atoms with Crippen LogP contribution in [0, 0.1) is 0 Å². The van der Waals surface area contributed by atoms with Gasteiger partial charge >= 0.3 is 5.97 Å². The van der Waals surface area contributed by atoms with Crippen LogP contribution in [0.4, 0.5) is 0 Å². The lowest BCUT2D eigenvalue weighted by molar-refractivity contribution is -0.142. The predicted molar refractivity (Wildman–Crippen MR) is 106 cm³/mol. The summed E-state index contributed by atoms with van der Waals surface area (Å²) in [5.41, 5.74) is 2.64. The quantitative estimate of drug-likeness (QED) is 0.603. The molecular formula is C22H24N2O4. The van der Waals surface area contributed by atoms with Gasteiger partial charge in [-0.1, -0.05) is 43.7 Å². The highest BCUT2D eigenvalue weighted by molar-refractivity contribution is 5.99. The first-order valence-corrected chi connectivity index (χ1v) is 9.42. The second-order valence-corrected chi connectivity index (χ2v) is 6.63. The summed E-state index contributed by atoms with van der Waals surface area (Å²) in [4.78, 5) is 29.3. The lowest BCUT2D eigenvalue weighted by Gasteiger charge is -2.16. The topological polar surface area (TPSA) is 81.4 Å². The smallest absolute Gasteiger partial charge is 0.328 e. The fraction of sp³-hybridized carbons (Fsp3) is 0.318. The zero-order chi connectivity index (χ0) is 19.9. The molecule has 146 valence electrons. The van der Waals surface area contributed by atoms with Gasteiger partial charge in [0.2, 0.25) is 0 Å². The molecule has 3 rings (SSSR count). The molecular weight excluding hydrogens is 356 g/mol. The number of ether oxygens (including phenoxy) is 1. The molecule has 0 unspecified atom stereocenters. The molecule has 0 aliphatic rings. The maximum Gasteiger partial charge on any atom is 0.328 e. The predicted octanol–water partition coefficient (Wildman–Crippen LogP) is 3.68. The molecule has 1 aromatic heterocycles. The number of aryl methyl sites for hydroxylation is 1. The Bertz CT molecular complexity index is 950. The largest absolute Gasteiger partial charge is 0.467 e. The molecule has 0 fully saturated rings. The van der Waals surface area contributed by atoms with Gasteiger partial charge < -0.3 is 14.5 Å². The Morgan fingerprint density at radius 3 is 2.68 bits per heavy atom. The molecule has 0 saturated carbocycles. The van der Waals surface area contributed by atoms with Crippen LogP contribution in [0.2, 0.25) is 0 Å². The van der Waals surface area contributed by atoms with E-state index in [9.17, 15) is 9.59 Å². The van der Waals surface area contributed by atoms with E-state index in [1.807, 2.05) is 30.3 Å². The van der Waals surface area contributed by atoms with E-state index in [0.29, 0.717) is 29.0 Å². The van der Waals surface area contributed by atoms with Gasteiger partial charge in [-0.3, -0.25) is 4.79 Å². The van der Waals surface area contributed by atoms with E-state index < -0.39 is 12.0 Å². The van der Waals surface area contributed by atoms with Gasteiger partial charge in [0.1, 0.15) is 11.6 Å². The Morgan fingerprint density at radius 2 is 1.96 bits per heavy atom. The first-order chi connectivity index (χ1) is 13.6. The molecule has 1 heterocycles. The van der Waals surface area contributed by atoms with Gasteiger partial charge in [-0.25, -0.2) is 9.78 Å². The Hall–Kier alpha value is -3.15. The van der Waals surface area contributed by atoms with Crippen LogP contribution in [0.25, 0.3) is 11.1 Å². The van der Waals surface area contributed by atoms with Crippen molar-refractivity contribution in [1.29, 1.82) is 0 Å². The van der Waals surface area contributed by atoms with Crippen molar-refractivity contribution in [1.82, 2.24) is 10.3 Å². The van der Waals surface area contributed by atoms with Gasteiger partial charge in [0.15, 0.2) is 11.5 Å². The number of fused-ring (bicyclic) bond motifs is 1. The van der Waals surface area contributed by atoms with Gasteiger partial charge in [-0.2, -0.15) is 0 Å². The van der Waals surface area contributed by atoms with Crippen molar-refractivity contribution < 1.29 is 18.7 Å². The second-order valence-electron chi connectivity index (χ2n) is 6.63. The Kier molecular flexibility index (Phi) is 6.42. The fourth-order valence-electron chi connectivity index (χ4n) is 2.98. The number of aromatic nitrogens is 1. The van der Waals surface area contributed by atoms with E-state index in [0.717, 1.165) is 24.8 Å². The third kappa shape index (κ3) is 4.76. The molecule has 2 aromatic carbocycles. The molecule has 1 N–H and O–H groups in total. The number of unbranched alkanes of at least 4 members (excludes halogenated alkanes) is 1. The van der Waals surface area contributed by atoms with Crippen molar-refractivity contribution >= 4 is 23.0 Å².